The number of nitrogens with zero attached hydrogens (tertiary/aromatic N) is 1. The summed E-state index contributed by atoms with van der Waals surface area (Å²) in [5.74, 6) is -2.84. The highest BCUT2D eigenvalue weighted by Crippen LogP contribution is 2.22. The van der Waals surface area contributed by atoms with E-state index in [9.17, 15) is 14.0 Å². The maximum Gasteiger partial charge on any atom is 0.342 e. The molecule has 1 aromatic carbocycles. The molecule has 0 bridgehead atoms. The summed E-state index contributed by atoms with van der Waals surface area (Å²) < 4.78 is 18.6. The smallest absolute Gasteiger partial charge is 0.342 e. The van der Waals surface area contributed by atoms with Gasteiger partial charge in [-0.25, -0.2) is 9.18 Å². The maximum atomic E-state index is 13.4. The molecule has 98 valence electrons. The third-order valence-corrected chi connectivity index (χ3v) is 2.28. The van der Waals surface area contributed by atoms with E-state index in [2.05, 4.69) is 0 Å². The molecule has 0 aromatic heterocycles. The molecule has 0 heterocycles. The Bertz CT molecular complexity index is 473. The predicted molar refractivity (Wildman–Crippen MR) is 62.1 cm³/mol. The molecule has 1 unspecified atom stereocenters. The first-order chi connectivity index (χ1) is 8.34. The van der Waals surface area contributed by atoms with Crippen LogP contribution in [0.25, 0.3) is 0 Å². The number of ether oxygens (including phenoxy) is 1. The number of halogens is 1. The van der Waals surface area contributed by atoms with Gasteiger partial charge in [-0.1, -0.05) is 6.07 Å². The van der Waals surface area contributed by atoms with Gasteiger partial charge in [0.2, 0.25) is 0 Å². The van der Waals surface area contributed by atoms with Gasteiger partial charge in [-0.2, -0.15) is 0 Å². The van der Waals surface area contributed by atoms with Crippen molar-refractivity contribution in [2.45, 2.75) is 13.0 Å². The van der Waals surface area contributed by atoms with Crippen molar-refractivity contribution in [2.24, 2.45) is 0 Å². The summed E-state index contributed by atoms with van der Waals surface area (Å²) in [4.78, 5) is 23.8. The van der Waals surface area contributed by atoms with Crippen LogP contribution in [0.5, 0.6) is 5.75 Å². The van der Waals surface area contributed by atoms with Gasteiger partial charge in [0.05, 0.1) is 0 Å². The lowest BCUT2D eigenvalue weighted by molar-refractivity contribution is -0.135. The molecule has 1 aromatic rings. The van der Waals surface area contributed by atoms with Gasteiger partial charge in [-0.05, 0) is 19.1 Å². The van der Waals surface area contributed by atoms with Crippen molar-refractivity contribution >= 4 is 11.9 Å². The number of carbonyl (C=O) groups excluding carboxylic acids is 1. The van der Waals surface area contributed by atoms with Gasteiger partial charge < -0.3 is 14.7 Å². The Hall–Kier alpha value is -2.11. The number of carbonyl (C=O) groups is 2. The fraction of sp³-hybridized carbons (Fsp3) is 0.333. The van der Waals surface area contributed by atoms with E-state index in [1.165, 1.54) is 24.0 Å². The molecule has 0 saturated carbocycles. The fourth-order valence-electron chi connectivity index (χ4n) is 1.41. The monoisotopic (exact) mass is 255 g/mol. The van der Waals surface area contributed by atoms with Crippen molar-refractivity contribution in [2.75, 3.05) is 14.1 Å². The zero-order valence-corrected chi connectivity index (χ0v) is 10.3. The van der Waals surface area contributed by atoms with Crippen molar-refractivity contribution in [1.29, 1.82) is 0 Å². The van der Waals surface area contributed by atoms with Gasteiger partial charge in [0.25, 0.3) is 5.91 Å². The predicted octanol–water partition coefficient (Wildman–Crippen LogP) is 1.38. The van der Waals surface area contributed by atoms with E-state index in [0.29, 0.717) is 0 Å². The number of amides is 1. The fourth-order valence-corrected chi connectivity index (χ4v) is 1.41. The molecule has 0 aliphatic carbocycles. The lowest BCUT2D eigenvalue weighted by atomic mass is 10.2. The van der Waals surface area contributed by atoms with E-state index in [1.54, 1.807) is 14.1 Å². The molecule has 0 saturated heterocycles. The quantitative estimate of drug-likeness (QED) is 0.882. The average molecular weight is 255 g/mol. The largest absolute Gasteiger partial charge is 0.480 e. The lowest BCUT2D eigenvalue weighted by Gasteiger charge is -2.19. The second-order valence-corrected chi connectivity index (χ2v) is 3.91. The first-order valence-corrected chi connectivity index (χ1v) is 5.24. The van der Waals surface area contributed by atoms with Crippen LogP contribution in [0.4, 0.5) is 4.39 Å². The summed E-state index contributed by atoms with van der Waals surface area (Å²) in [6.07, 6.45) is -0.889. The molecule has 0 aliphatic rings. The highest BCUT2D eigenvalue weighted by Gasteiger charge is 2.22. The Kier molecular flexibility index (Phi) is 4.25. The first kappa shape index (κ1) is 14.0. The summed E-state index contributed by atoms with van der Waals surface area (Å²) in [6, 6.07) is 3.66. The van der Waals surface area contributed by atoms with Crippen molar-refractivity contribution in [3.05, 3.63) is 29.6 Å². The Labute approximate surface area is 104 Å². The zero-order chi connectivity index (χ0) is 13.9. The molecule has 1 N–H and O–H groups in total. The summed E-state index contributed by atoms with van der Waals surface area (Å²) >= 11 is 0. The van der Waals surface area contributed by atoms with Crippen molar-refractivity contribution in [1.82, 2.24) is 4.90 Å². The molecule has 0 fully saturated rings. The maximum absolute atomic E-state index is 13.4. The Morgan fingerprint density at radius 3 is 2.50 bits per heavy atom. The highest BCUT2D eigenvalue weighted by molar-refractivity contribution is 5.91. The normalized spacial score (nSPS) is 11.8. The Morgan fingerprint density at radius 2 is 2.00 bits per heavy atom. The van der Waals surface area contributed by atoms with E-state index >= 15 is 0 Å². The van der Waals surface area contributed by atoms with Gasteiger partial charge in [0.15, 0.2) is 6.10 Å². The lowest BCUT2D eigenvalue weighted by Crippen LogP contribution is -2.35. The van der Waals surface area contributed by atoms with Crippen LogP contribution in [0.3, 0.4) is 0 Å². The average Bonchev–Trinajstić information content (AvgIpc) is 2.27. The number of aromatic carboxylic acids is 1. The molecule has 1 amide bonds. The van der Waals surface area contributed by atoms with E-state index < -0.39 is 23.5 Å². The van der Waals surface area contributed by atoms with Gasteiger partial charge in [-0.3, -0.25) is 4.79 Å². The number of likely N-dealkylation sites (N-methyl/N-ethyl adjacent to an activating group) is 1. The summed E-state index contributed by atoms with van der Waals surface area (Å²) in [6.45, 7) is 1.47. The molecular formula is C12H14FNO4. The van der Waals surface area contributed by atoms with Crippen LogP contribution in [-0.4, -0.2) is 42.1 Å². The van der Waals surface area contributed by atoms with Crippen LogP contribution in [0.15, 0.2) is 18.2 Å². The Balaban J connectivity index is 3.01. The molecule has 0 radical (unpaired) electrons. The zero-order valence-electron chi connectivity index (χ0n) is 10.3. The molecule has 0 aliphatic heterocycles. The second-order valence-electron chi connectivity index (χ2n) is 3.91. The van der Waals surface area contributed by atoms with Crippen LogP contribution in [0.1, 0.15) is 17.3 Å². The van der Waals surface area contributed by atoms with E-state index in [0.717, 1.165) is 6.07 Å². The molecule has 0 spiro atoms. The summed E-state index contributed by atoms with van der Waals surface area (Å²) in [5, 5.41) is 8.89. The minimum absolute atomic E-state index is 0.162. The van der Waals surface area contributed by atoms with Crippen LogP contribution in [0.2, 0.25) is 0 Å². The van der Waals surface area contributed by atoms with E-state index in [4.69, 9.17) is 9.84 Å². The highest BCUT2D eigenvalue weighted by atomic mass is 19.1. The number of carboxylic acid groups (broad SMARTS) is 1. The minimum Gasteiger partial charge on any atom is -0.480 e. The van der Waals surface area contributed by atoms with Crippen LogP contribution in [-0.2, 0) is 4.79 Å². The van der Waals surface area contributed by atoms with Gasteiger partial charge >= 0.3 is 5.97 Å². The van der Waals surface area contributed by atoms with Gasteiger partial charge in [0, 0.05) is 14.1 Å². The SMILES string of the molecule is CC(Oc1cccc(F)c1C(=O)O)C(=O)N(C)C. The van der Waals surface area contributed by atoms with Crippen LogP contribution in [0, 0.1) is 5.82 Å². The van der Waals surface area contributed by atoms with Crippen LogP contribution >= 0.6 is 0 Å². The van der Waals surface area contributed by atoms with Crippen molar-refractivity contribution < 1.29 is 23.8 Å². The molecule has 5 nitrogen and oxygen atoms in total. The third-order valence-electron chi connectivity index (χ3n) is 2.28. The van der Waals surface area contributed by atoms with Crippen molar-refractivity contribution in [3.63, 3.8) is 0 Å². The summed E-state index contributed by atoms with van der Waals surface area (Å²) in [5.41, 5.74) is -0.573. The molecule has 6 heteroatoms. The number of carboxylic acids is 1. The topological polar surface area (TPSA) is 66.8 Å². The molecular weight excluding hydrogens is 241 g/mol. The number of rotatable bonds is 4. The van der Waals surface area contributed by atoms with E-state index in [1.807, 2.05) is 0 Å². The number of benzene rings is 1. The summed E-state index contributed by atoms with van der Waals surface area (Å²) in [7, 11) is 3.09. The Morgan fingerprint density at radius 1 is 1.39 bits per heavy atom. The number of hydrogen-bond donors (Lipinski definition) is 1. The number of hydrogen-bond acceptors (Lipinski definition) is 3. The van der Waals surface area contributed by atoms with E-state index in [-0.39, 0.29) is 11.7 Å². The van der Waals surface area contributed by atoms with Gasteiger partial charge in [-0.15, -0.1) is 0 Å². The molecule has 18 heavy (non-hydrogen) atoms. The van der Waals surface area contributed by atoms with Gasteiger partial charge in [0.1, 0.15) is 17.1 Å². The van der Waals surface area contributed by atoms with Crippen LogP contribution < -0.4 is 4.74 Å². The first-order valence-electron chi connectivity index (χ1n) is 5.24. The van der Waals surface area contributed by atoms with Crippen molar-refractivity contribution in [3.8, 4) is 5.75 Å². The molecule has 1 atom stereocenters. The molecule has 1 rings (SSSR count). The third kappa shape index (κ3) is 2.97. The standard InChI is InChI=1S/C12H14FNO4/c1-7(11(15)14(2)3)18-9-6-4-5-8(13)10(9)12(16)17/h4-7H,1-3H3,(H,16,17). The second kappa shape index (κ2) is 5.48. The minimum atomic E-state index is -1.44.